The molecule has 3 N–H and O–H groups in total. The van der Waals surface area contributed by atoms with Crippen molar-refractivity contribution in [3.8, 4) is 0 Å². The largest absolute Gasteiger partial charge is 0.393 e. The van der Waals surface area contributed by atoms with E-state index in [0.717, 1.165) is 14.5 Å². The van der Waals surface area contributed by atoms with Crippen LogP contribution >= 0.6 is 50.7 Å². The van der Waals surface area contributed by atoms with Gasteiger partial charge in [0.1, 0.15) is 0 Å². The summed E-state index contributed by atoms with van der Waals surface area (Å²) in [6.07, 6.45) is 1.33. The zero-order valence-corrected chi connectivity index (χ0v) is 14.4. The Morgan fingerprint density at radius 1 is 1.61 bits per heavy atom. The van der Waals surface area contributed by atoms with E-state index < -0.39 is 0 Å². The smallest absolute Gasteiger partial charge is 0.252 e. The third kappa shape index (κ3) is 4.81. The summed E-state index contributed by atoms with van der Waals surface area (Å²) in [5.74, 6) is -0.0937. The molecule has 18 heavy (non-hydrogen) atoms. The van der Waals surface area contributed by atoms with Crippen LogP contribution in [0.2, 0.25) is 0 Å². The first-order chi connectivity index (χ1) is 8.43. The predicted octanol–water partition coefficient (Wildman–Crippen LogP) is 3.24. The Balaban J connectivity index is 2.80. The van der Waals surface area contributed by atoms with E-state index >= 15 is 0 Å². The lowest BCUT2D eigenvalue weighted by atomic mass is 10.1. The van der Waals surface area contributed by atoms with Crippen LogP contribution in [0.3, 0.4) is 0 Å². The molecule has 0 aromatic heterocycles. The highest BCUT2D eigenvalue weighted by atomic mass is 127. The Hall–Kier alpha value is -0.210. The number of carbonyl (C=O) groups excluding carboxylic acids is 1. The third-order valence-electron chi connectivity index (χ3n) is 2.45. The maximum Gasteiger partial charge on any atom is 0.252 e. The van der Waals surface area contributed by atoms with Gasteiger partial charge in [0.15, 0.2) is 0 Å². The Bertz CT molecular complexity index is 467. The van der Waals surface area contributed by atoms with Crippen LogP contribution in [0.25, 0.3) is 0 Å². The topological polar surface area (TPSA) is 55.1 Å². The van der Waals surface area contributed by atoms with Gasteiger partial charge in [-0.25, -0.2) is 0 Å². The van der Waals surface area contributed by atoms with Crippen LogP contribution in [0.15, 0.2) is 22.7 Å². The molecule has 1 unspecified atom stereocenters. The molecule has 0 radical (unpaired) electrons. The van der Waals surface area contributed by atoms with Gasteiger partial charge in [-0.15, -0.1) is 0 Å². The number of nitrogens with two attached hydrogens (primary N) is 1. The van der Waals surface area contributed by atoms with Crippen molar-refractivity contribution in [1.29, 1.82) is 0 Å². The molecule has 3 nitrogen and oxygen atoms in total. The first-order valence-electron chi connectivity index (χ1n) is 5.48. The molecular formula is C12H14BrIN2OS. The van der Waals surface area contributed by atoms with Crippen LogP contribution in [0.5, 0.6) is 0 Å². The lowest BCUT2D eigenvalue weighted by Gasteiger charge is -2.16. The van der Waals surface area contributed by atoms with Crippen molar-refractivity contribution in [2.45, 2.75) is 25.8 Å². The summed E-state index contributed by atoms with van der Waals surface area (Å²) in [5.41, 5.74) is 6.17. The fourth-order valence-electron chi connectivity index (χ4n) is 1.47. The van der Waals surface area contributed by atoms with Gasteiger partial charge in [0.25, 0.3) is 5.91 Å². The summed E-state index contributed by atoms with van der Waals surface area (Å²) in [7, 11) is 0. The number of carbonyl (C=O) groups is 1. The number of rotatable bonds is 5. The lowest BCUT2D eigenvalue weighted by molar-refractivity contribution is 0.0936. The molecule has 0 aliphatic carbocycles. The molecule has 1 atom stereocenters. The van der Waals surface area contributed by atoms with Gasteiger partial charge in [-0.1, -0.05) is 35.1 Å². The maximum atomic E-state index is 12.1. The molecule has 0 aliphatic rings. The average molecular weight is 441 g/mol. The minimum absolute atomic E-state index is 0.00946. The lowest BCUT2D eigenvalue weighted by Crippen LogP contribution is -2.37. The normalized spacial score (nSPS) is 11.9. The Labute approximate surface area is 134 Å². The highest BCUT2D eigenvalue weighted by Gasteiger charge is 2.15. The fourth-order valence-corrected chi connectivity index (χ4v) is 2.62. The zero-order valence-electron chi connectivity index (χ0n) is 9.87. The maximum absolute atomic E-state index is 12.1. The molecular weight excluding hydrogens is 427 g/mol. The van der Waals surface area contributed by atoms with Crippen molar-refractivity contribution in [3.05, 3.63) is 31.8 Å². The molecule has 0 saturated carbocycles. The second-order valence-electron chi connectivity index (χ2n) is 3.87. The molecule has 98 valence electrons. The number of halogens is 2. The summed E-state index contributed by atoms with van der Waals surface area (Å²) in [5, 5.41) is 2.95. The van der Waals surface area contributed by atoms with Gasteiger partial charge in [-0.3, -0.25) is 4.79 Å². The van der Waals surface area contributed by atoms with E-state index in [0.29, 0.717) is 17.0 Å². The van der Waals surface area contributed by atoms with Crippen LogP contribution < -0.4 is 11.1 Å². The van der Waals surface area contributed by atoms with Gasteiger partial charge in [-0.2, -0.15) is 0 Å². The van der Waals surface area contributed by atoms with Gasteiger partial charge in [-0.05, 0) is 47.2 Å². The monoisotopic (exact) mass is 440 g/mol. The van der Waals surface area contributed by atoms with Gasteiger partial charge in [0.2, 0.25) is 0 Å². The molecule has 0 aliphatic heterocycles. The quantitative estimate of drug-likeness (QED) is 0.545. The van der Waals surface area contributed by atoms with Gasteiger partial charge in [0, 0.05) is 20.5 Å². The minimum Gasteiger partial charge on any atom is -0.393 e. The number of benzene rings is 1. The minimum atomic E-state index is -0.0937. The Morgan fingerprint density at radius 2 is 2.28 bits per heavy atom. The Kier molecular flexibility index (Phi) is 6.51. The molecule has 1 rings (SSSR count). The van der Waals surface area contributed by atoms with Crippen LogP contribution in [-0.4, -0.2) is 16.9 Å². The van der Waals surface area contributed by atoms with E-state index in [1.807, 2.05) is 25.1 Å². The van der Waals surface area contributed by atoms with Crippen LogP contribution in [0.4, 0.5) is 0 Å². The average Bonchev–Trinajstić information content (AvgIpc) is 2.30. The van der Waals surface area contributed by atoms with E-state index in [-0.39, 0.29) is 11.9 Å². The molecule has 1 aromatic rings. The van der Waals surface area contributed by atoms with Gasteiger partial charge < -0.3 is 11.1 Å². The number of thiocarbonyl (C=S) groups is 1. The fraction of sp³-hybridized carbons (Fsp3) is 0.333. The highest BCUT2D eigenvalue weighted by molar-refractivity contribution is 14.1. The van der Waals surface area contributed by atoms with Crippen LogP contribution in [-0.2, 0) is 0 Å². The van der Waals surface area contributed by atoms with Crippen LogP contribution in [0.1, 0.15) is 30.1 Å². The number of nitrogens with one attached hydrogen (secondary N) is 1. The Morgan fingerprint density at radius 3 is 2.83 bits per heavy atom. The molecule has 0 bridgehead atoms. The predicted molar refractivity (Wildman–Crippen MR) is 89.8 cm³/mol. The van der Waals surface area contributed by atoms with E-state index in [1.165, 1.54) is 0 Å². The van der Waals surface area contributed by atoms with E-state index in [9.17, 15) is 4.79 Å². The second kappa shape index (κ2) is 7.40. The number of hydrogen-bond acceptors (Lipinski definition) is 2. The standard InChI is InChI=1S/C12H14BrIN2OS/c1-2-8(6-11(15)18)16-12(17)9-5-7(13)3-4-10(9)14/h3-5,8H,2,6H2,1H3,(H2,15,18)(H,16,17). The molecule has 0 fully saturated rings. The SMILES string of the molecule is CCC(CC(N)=S)NC(=O)c1cc(Br)ccc1I. The number of hydrogen-bond donors (Lipinski definition) is 2. The zero-order chi connectivity index (χ0) is 13.7. The van der Waals surface area contributed by atoms with Crippen molar-refractivity contribution in [2.75, 3.05) is 0 Å². The first kappa shape index (κ1) is 15.8. The summed E-state index contributed by atoms with van der Waals surface area (Å²) in [4.78, 5) is 12.6. The molecule has 0 saturated heterocycles. The summed E-state index contributed by atoms with van der Waals surface area (Å²) < 4.78 is 1.80. The third-order valence-corrected chi connectivity index (χ3v) is 4.05. The van der Waals surface area contributed by atoms with Crippen molar-refractivity contribution in [2.24, 2.45) is 5.73 Å². The number of amides is 1. The molecule has 6 heteroatoms. The van der Waals surface area contributed by atoms with E-state index in [4.69, 9.17) is 18.0 Å². The van der Waals surface area contributed by atoms with Gasteiger partial charge >= 0.3 is 0 Å². The summed E-state index contributed by atoms with van der Waals surface area (Å²) in [6, 6.07) is 5.61. The highest BCUT2D eigenvalue weighted by Crippen LogP contribution is 2.18. The van der Waals surface area contributed by atoms with Crippen molar-refractivity contribution >= 4 is 61.6 Å². The molecule has 1 amide bonds. The molecule has 0 spiro atoms. The second-order valence-corrected chi connectivity index (χ2v) is 6.48. The first-order valence-corrected chi connectivity index (χ1v) is 7.76. The molecule has 1 aromatic carbocycles. The van der Waals surface area contributed by atoms with E-state index in [2.05, 4.69) is 43.8 Å². The van der Waals surface area contributed by atoms with Crippen molar-refractivity contribution < 1.29 is 4.79 Å². The van der Waals surface area contributed by atoms with Crippen LogP contribution in [0, 0.1) is 3.57 Å². The summed E-state index contributed by atoms with van der Waals surface area (Å²) in [6.45, 7) is 2.00. The molecule has 0 heterocycles. The summed E-state index contributed by atoms with van der Waals surface area (Å²) >= 11 is 10.4. The van der Waals surface area contributed by atoms with Crippen molar-refractivity contribution in [1.82, 2.24) is 5.32 Å². The van der Waals surface area contributed by atoms with Crippen molar-refractivity contribution in [3.63, 3.8) is 0 Å². The van der Waals surface area contributed by atoms with E-state index in [1.54, 1.807) is 0 Å². The van der Waals surface area contributed by atoms with Gasteiger partial charge in [0.05, 0.1) is 10.6 Å².